The molecule has 0 bridgehead atoms. The fraction of sp³-hybridized carbons (Fsp3) is 0.211. The van der Waals surface area contributed by atoms with E-state index < -0.39 is 4.92 Å². The van der Waals surface area contributed by atoms with Crippen LogP contribution in [-0.4, -0.2) is 22.9 Å². The van der Waals surface area contributed by atoms with Gasteiger partial charge in [-0.05, 0) is 30.5 Å². The molecule has 0 aliphatic heterocycles. The molecule has 2 aromatic carbocycles. The van der Waals surface area contributed by atoms with Gasteiger partial charge in [-0.15, -0.1) is 0 Å². The van der Waals surface area contributed by atoms with Gasteiger partial charge in [0.1, 0.15) is 5.75 Å². The molecule has 1 aromatic heterocycles. The van der Waals surface area contributed by atoms with Crippen molar-refractivity contribution >= 4 is 28.2 Å². The molecule has 0 radical (unpaired) electrons. The first-order valence-corrected chi connectivity index (χ1v) is 8.26. The van der Waals surface area contributed by atoms with Gasteiger partial charge in [0.05, 0.1) is 17.7 Å². The lowest BCUT2D eigenvalue weighted by molar-refractivity contribution is -0.384. The molecule has 3 rings (SSSR count). The Labute approximate surface area is 150 Å². The number of ether oxygens (including phenoxy) is 1. The molecule has 0 spiro atoms. The minimum atomic E-state index is -0.508. The Hall–Kier alpha value is -3.35. The predicted octanol–water partition coefficient (Wildman–Crippen LogP) is 4.05. The fourth-order valence-electron chi connectivity index (χ4n) is 2.90. The van der Waals surface area contributed by atoms with Crippen molar-refractivity contribution in [1.29, 1.82) is 0 Å². The monoisotopic (exact) mass is 353 g/mol. The first-order valence-electron chi connectivity index (χ1n) is 8.26. The summed E-state index contributed by atoms with van der Waals surface area (Å²) in [6.45, 7) is 0. The zero-order valence-electron chi connectivity index (χ0n) is 14.3. The first-order chi connectivity index (χ1) is 12.6. The summed E-state index contributed by atoms with van der Waals surface area (Å²) in [4.78, 5) is 25.8. The average Bonchev–Trinajstić information content (AvgIpc) is 3.05. The van der Waals surface area contributed by atoms with E-state index in [1.165, 1.54) is 30.9 Å². The number of carbonyl (C=O) groups is 1. The third-order valence-corrected chi connectivity index (χ3v) is 4.19. The normalized spacial score (nSPS) is 10.7. The van der Waals surface area contributed by atoms with Crippen molar-refractivity contribution in [3.05, 3.63) is 64.3 Å². The number of fused-ring (bicyclic) bond motifs is 1. The number of amides is 1. The Kier molecular flexibility index (Phi) is 5.17. The number of methoxy groups -OCH3 is 1. The summed E-state index contributed by atoms with van der Waals surface area (Å²) in [5.74, 6) is 0.184. The van der Waals surface area contributed by atoms with Gasteiger partial charge >= 0.3 is 0 Å². The number of rotatable bonds is 7. The lowest BCUT2D eigenvalue weighted by Crippen LogP contribution is -2.12. The Balaban J connectivity index is 1.61. The molecule has 0 unspecified atom stereocenters. The molecule has 0 aliphatic carbocycles. The van der Waals surface area contributed by atoms with Crippen molar-refractivity contribution in [3.8, 4) is 5.75 Å². The lowest BCUT2D eigenvalue weighted by Gasteiger charge is -2.10. The zero-order chi connectivity index (χ0) is 18.5. The number of nitrogens with zero attached hydrogens (tertiary/aromatic N) is 1. The van der Waals surface area contributed by atoms with Gasteiger partial charge in [0.2, 0.25) is 5.91 Å². The van der Waals surface area contributed by atoms with Crippen LogP contribution in [0.3, 0.4) is 0 Å². The van der Waals surface area contributed by atoms with Gasteiger partial charge in [0, 0.05) is 35.7 Å². The van der Waals surface area contributed by atoms with Crippen molar-refractivity contribution in [3.63, 3.8) is 0 Å². The number of nitrogens with one attached hydrogen (secondary N) is 2. The van der Waals surface area contributed by atoms with Gasteiger partial charge in [-0.3, -0.25) is 14.9 Å². The first kappa shape index (κ1) is 17.5. The number of H-pyrrole nitrogens is 1. The molecule has 2 N–H and O–H groups in total. The molecule has 1 heterocycles. The number of aryl methyl sites for hydroxylation is 1. The molecular weight excluding hydrogens is 334 g/mol. The standard InChI is InChI=1S/C19H19N3O4/c1-26-18-10-9-14(22(24)25)11-17(18)21-19(23)8-4-5-13-12-20-16-7-3-2-6-15(13)16/h2-3,6-7,9-12,20H,4-5,8H2,1H3,(H,21,23). The maximum absolute atomic E-state index is 12.2. The molecule has 7 heteroatoms. The van der Waals surface area contributed by atoms with Crippen LogP contribution >= 0.6 is 0 Å². The third-order valence-electron chi connectivity index (χ3n) is 4.19. The van der Waals surface area contributed by atoms with Crippen LogP contribution in [0.5, 0.6) is 5.75 Å². The number of carbonyl (C=O) groups excluding carboxylic acids is 1. The Morgan fingerprint density at radius 2 is 2.08 bits per heavy atom. The van der Waals surface area contributed by atoms with Crippen molar-refractivity contribution in [2.24, 2.45) is 0 Å². The van der Waals surface area contributed by atoms with Crippen LogP contribution in [0.2, 0.25) is 0 Å². The summed E-state index contributed by atoms with van der Waals surface area (Å²) in [6.07, 6.45) is 3.71. The van der Waals surface area contributed by atoms with Crippen LogP contribution in [0.15, 0.2) is 48.7 Å². The van der Waals surface area contributed by atoms with Gasteiger partial charge in [0.25, 0.3) is 5.69 Å². The molecule has 0 fully saturated rings. The number of aromatic nitrogens is 1. The second kappa shape index (κ2) is 7.69. The van der Waals surface area contributed by atoms with Crippen molar-refractivity contribution in [2.75, 3.05) is 12.4 Å². The maximum atomic E-state index is 12.2. The van der Waals surface area contributed by atoms with Crippen LogP contribution in [-0.2, 0) is 11.2 Å². The predicted molar refractivity (Wildman–Crippen MR) is 99.5 cm³/mol. The molecule has 0 saturated carbocycles. The molecule has 7 nitrogen and oxygen atoms in total. The highest BCUT2D eigenvalue weighted by molar-refractivity contribution is 5.92. The number of nitro benzene ring substituents is 1. The highest BCUT2D eigenvalue weighted by Crippen LogP contribution is 2.29. The molecule has 1 amide bonds. The van der Waals surface area contributed by atoms with Crippen molar-refractivity contribution in [1.82, 2.24) is 4.98 Å². The second-order valence-corrected chi connectivity index (χ2v) is 5.90. The van der Waals surface area contributed by atoms with Crippen LogP contribution in [0.1, 0.15) is 18.4 Å². The summed E-state index contributed by atoms with van der Waals surface area (Å²) in [5.41, 5.74) is 2.45. The Morgan fingerprint density at radius 1 is 1.27 bits per heavy atom. The zero-order valence-corrected chi connectivity index (χ0v) is 14.3. The van der Waals surface area contributed by atoms with Crippen LogP contribution < -0.4 is 10.1 Å². The van der Waals surface area contributed by atoms with E-state index in [2.05, 4.69) is 16.4 Å². The Bertz CT molecular complexity index is 949. The average molecular weight is 353 g/mol. The lowest BCUT2D eigenvalue weighted by atomic mass is 10.1. The molecule has 3 aromatic rings. The largest absolute Gasteiger partial charge is 0.495 e. The van der Waals surface area contributed by atoms with Gasteiger partial charge in [-0.1, -0.05) is 18.2 Å². The van der Waals surface area contributed by atoms with Crippen LogP contribution in [0.4, 0.5) is 11.4 Å². The minimum Gasteiger partial charge on any atom is -0.495 e. The highest BCUT2D eigenvalue weighted by Gasteiger charge is 2.14. The molecule has 0 atom stereocenters. The van der Waals surface area contributed by atoms with E-state index in [-0.39, 0.29) is 11.6 Å². The maximum Gasteiger partial charge on any atom is 0.271 e. The van der Waals surface area contributed by atoms with E-state index in [1.807, 2.05) is 24.4 Å². The topological polar surface area (TPSA) is 97.3 Å². The van der Waals surface area contributed by atoms with Gasteiger partial charge in [0.15, 0.2) is 0 Å². The molecule has 0 aliphatic rings. The van der Waals surface area contributed by atoms with Gasteiger partial charge in [-0.25, -0.2) is 0 Å². The Morgan fingerprint density at radius 3 is 2.85 bits per heavy atom. The molecule has 134 valence electrons. The van der Waals surface area contributed by atoms with E-state index in [9.17, 15) is 14.9 Å². The van der Waals surface area contributed by atoms with Gasteiger partial charge < -0.3 is 15.0 Å². The van der Waals surface area contributed by atoms with E-state index in [0.29, 0.717) is 24.3 Å². The number of benzene rings is 2. The summed E-state index contributed by atoms with van der Waals surface area (Å²) < 4.78 is 5.15. The van der Waals surface area contributed by atoms with Crippen molar-refractivity contribution in [2.45, 2.75) is 19.3 Å². The summed E-state index contributed by atoms with van der Waals surface area (Å²) in [6, 6.07) is 12.1. The quantitative estimate of drug-likeness (QED) is 0.495. The number of anilines is 1. The number of nitro groups is 1. The number of para-hydroxylation sites is 1. The van der Waals surface area contributed by atoms with Crippen LogP contribution in [0.25, 0.3) is 10.9 Å². The third kappa shape index (κ3) is 3.83. The van der Waals surface area contributed by atoms with Crippen molar-refractivity contribution < 1.29 is 14.5 Å². The fourth-order valence-corrected chi connectivity index (χ4v) is 2.90. The summed E-state index contributed by atoms with van der Waals surface area (Å²) in [7, 11) is 1.45. The number of aromatic amines is 1. The highest BCUT2D eigenvalue weighted by atomic mass is 16.6. The second-order valence-electron chi connectivity index (χ2n) is 5.90. The van der Waals surface area contributed by atoms with E-state index in [1.54, 1.807) is 0 Å². The van der Waals surface area contributed by atoms with E-state index in [4.69, 9.17) is 4.74 Å². The summed E-state index contributed by atoms with van der Waals surface area (Å²) in [5, 5.41) is 14.8. The number of non-ortho nitro benzene ring substituents is 1. The SMILES string of the molecule is COc1ccc([N+](=O)[O-])cc1NC(=O)CCCc1c[nH]c2ccccc12. The van der Waals surface area contributed by atoms with Gasteiger partial charge in [-0.2, -0.15) is 0 Å². The smallest absolute Gasteiger partial charge is 0.271 e. The minimum absolute atomic E-state index is 0.0973. The molecule has 26 heavy (non-hydrogen) atoms. The van der Waals surface area contributed by atoms with Crippen LogP contribution in [0, 0.1) is 10.1 Å². The molecular formula is C19H19N3O4. The van der Waals surface area contributed by atoms with E-state index >= 15 is 0 Å². The van der Waals surface area contributed by atoms with E-state index in [0.717, 1.165) is 17.3 Å². The number of hydrogen-bond donors (Lipinski definition) is 2. The molecule has 0 saturated heterocycles. The number of hydrogen-bond acceptors (Lipinski definition) is 4. The summed E-state index contributed by atoms with van der Waals surface area (Å²) >= 11 is 0.